The van der Waals surface area contributed by atoms with Gasteiger partial charge in [0.05, 0.1) is 24.4 Å². The molecule has 0 saturated carbocycles. The van der Waals surface area contributed by atoms with Crippen molar-refractivity contribution in [2.75, 3.05) is 0 Å². The smallest absolute Gasteiger partial charge is 0.0787 e. The van der Waals surface area contributed by atoms with Gasteiger partial charge in [-0.2, -0.15) is 5.26 Å². The third-order valence-corrected chi connectivity index (χ3v) is 1.26. The van der Waals surface area contributed by atoms with Gasteiger partial charge < -0.3 is 0 Å². The fourth-order valence-electron chi connectivity index (χ4n) is 0.763. The lowest BCUT2D eigenvalue weighted by molar-refractivity contribution is 0.606. The van der Waals surface area contributed by atoms with Gasteiger partial charge in [-0.25, -0.2) is 4.68 Å². The van der Waals surface area contributed by atoms with E-state index in [2.05, 4.69) is 10.3 Å². The molecular weight excluding hydrogens is 128 g/mol. The molecule has 4 heteroatoms. The Bertz CT molecular complexity index is 244. The van der Waals surface area contributed by atoms with Gasteiger partial charge >= 0.3 is 0 Å². The molecule has 0 unspecified atom stereocenters. The molecule has 0 saturated heterocycles. The first-order valence-corrected chi connectivity index (χ1v) is 3.12. The summed E-state index contributed by atoms with van der Waals surface area (Å²) in [6, 6.07) is 2.04. The first kappa shape index (κ1) is 6.75. The number of aromatic nitrogens is 3. The molecule has 10 heavy (non-hydrogen) atoms. The predicted octanol–water partition coefficient (Wildman–Crippen LogP) is 0.364. The van der Waals surface area contributed by atoms with Gasteiger partial charge in [0, 0.05) is 6.54 Å². The SMILES string of the molecule is CCn1nncc1CC#N. The summed E-state index contributed by atoms with van der Waals surface area (Å²) in [5.74, 6) is 0. The van der Waals surface area contributed by atoms with E-state index in [0.717, 1.165) is 12.2 Å². The van der Waals surface area contributed by atoms with E-state index in [1.165, 1.54) is 0 Å². The Morgan fingerprint density at radius 3 is 3.20 bits per heavy atom. The van der Waals surface area contributed by atoms with Crippen LogP contribution in [0.5, 0.6) is 0 Å². The Balaban J connectivity index is 2.82. The van der Waals surface area contributed by atoms with Crippen LogP contribution in [0.25, 0.3) is 0 Å². The van der Waals surface area contributed by atoms with Gasteiger partial charge in [-0.3, -0.25) is 0 Å². The van der Waals surface area contributed by atoms with Crippen molar-refractivity contribution in [3.63, 3.8) is 0 Å². The standard InChI is InChI=1S/C6H8N4/c1-2-10-6(3-4-7)5-8-9-10/h5H,2-3H2,1H3. The highest BCUT2D eigenvalue weighted by Gasteiger charge is 1.98. The van der Waals surface area contributed by atoms with Gasteiger partial charge in [-0.15, -0.1) is 5.10 Å². The fraction of sp³-hybridized carbons (Fsp3) is 0.500. The monoisotopic (exact) mass is 136 g/mol. The van der Waals surface area contributed by atoms with Gasteiger partial charge in [0.2, 0.25) is 0 Å². The Morgan fingerprint density at radius 1 is 1.80 bits per heavy atom. The van der Waals surface area contributed by atoms with E-state index in [1.54, 1.807) is 10.9 Å². The zero-order valence-corrected chi connectivity index (χ0v) is 5.78. The maximum Gasteiger partial charge on any atom is 0.0787 e. The van der Waals surface area contributed by atoms with Crippen LogP contribution < -0.4 is 0 Å². The van der Waals surface area contributed by atoms with E-state index < -0.39 is 0 Å². The fourth-order valence-corrected chi connectivity index (χ4v) is 0.763. The highest BCUT2D eigenvalue weighted by atomic mass is 15.4. The predicted molar refractivity (Wildman–Crippen MR) is 35.0 cm³/mol. The third-order valence-electron chi connectivity index (χ3n) is 1.26. The van der Waals surface area contributed by atoms with Gasteiger partial charge in [-0.1, -0.05) is 5.21 Å². The van der Waals surface area contributed by atoms with Crippen LogP contribution in [0.4, 0.5) is 0 Å². The molecule has 0 radical (unpaired) electrons. The van der Waals surface area contributed by atoms with Crippen LogP contribution in [0.3, 0.4) is 0 Å². The molecule has 52 valence electrons. The normalized spacial score (nSPS) is 9.20. The number of hydrogen-bond donors (Lipinski definition) is 0. The number of rotatable bonds is 2. The Hall–Kier alpha value is -1.37. The number of hydrogen-bond acceptors (Lipinski definition) is 3. The largest absolute Gasteiger partial charge is 0.249 e. The molecule has 1 rings (SSSR count). The molecule has 1 aromatic rings. The molecule has 0 aliphatic rings. The second kappa shape index (κ2) is 2.97. The highest BCUT2D eigenvalue weighted by Crippen LogP contribution is 1.95. The Kier molecular flexibility index (Phi) is 2.00. The van der Waals surface area contributed by atoms with Gasteiger partial charge in [0.15, 0.2) is 0 Å². The van der Waals surface area contributed by atoms with Crippen LogP contribution in [0, 0.1) is 11.3 Å². The zero-order chi connectivity index (χ0) is 7.40. The summed E-state index contributed by atoms with van der Waals surface area (Å²) in [6.45, 7) is 2.74. The van der Waals surface area contributed by atoms with Gasteiger partial charge in [0.1, 0.15) is 0 Å². The van der Waals surface area contributed by atoms with Crippen molar-refractivity contribution >= 4 is 0 Å². The molecular formula is C6H8N4. The van der Waals surface area contributed by atoms with E-state index >= 15 is 0 Å². The highest BCUT2D eigenvalue weighted by molar-refractivity contribution is 5.01. The number of aryl methyl sites for hydroxylation is 1. The lowest BCUT2D eigenvalue weighted by atomic mass is 10.3. The van der Waals surface area contributed by atoms with Crippen molar-refractivity contribution in [1.29, 1.82) is 5.26 Å². The minimum atomic E-state index is 0.390. The maximum atomic E-state index is 8.34. The zero-order valence-electron chi connectivity index (χ0n) is 5.78. The average molecular weight is 136 g/mol. The van der Waals surface area contributed by atoms with Crippen LogP contribution in [0.1, 0.15) is 12.6 Å². The minimum Gasteiger partial charge on any atom is -0.249 e. The molecule has 0 amide bonds. The van der Waals surface area contributed by atoms with E-state index in [9.17, 15) is 0 Å². The molecule has 0 spiro atoms. The molecule has 0 aliphatic heterocycles. The van der Waals surface area contributed by atoms with E-state index in [-0.39, 0.29) is 0 Å². The average Bonchev–Trinajstić information content (AvgIpc) is 2.36. The topological polar surface area (TPSA) is 54.5 Å². The first-order valence-electron chi connectivity index (χ1n) is 3.12. The summed E-state index contributed by atoms with van der Waals surface area (Å²) in [5, 5.41) is 15.8. The van der Waals surface area contributed by atoms with Crippen LogP contribution in [0.15, 0.2) is 6.20 Å². The van der Waals surface area contributed by atoms with Crippen LogP contribution >= 0.6 is 0 Å². The molecule has 1 heterocycles. The number of nitrogens with zero attached hydrogens (tertiary/aromatic N) is 4. The lowest BCUT2D eigenvalue weighted by Crippen LogP contribution is -2.01. The molecule has 0 fully saturated rings. The van der Waals surface area contributed by atoms with E-state index in [0.29, 0.717) is 6.42 Å². The van der Waals surface area contributed by atoms with Crippen molar-refractivity contribution in [2.24, 2.45) is 0 Å². The lowest BCUT2D eigenvalue weighted by Gasteiger charge is -1.95. The van der Waals surface area contributed by atoms with Gasteiger partial charge in [-0.05, 0) is 6.92 Å². The van der Waals surface area contributed by atoms with Crippen LogP contribution in [-0.2, 0) is 13.0 Å². The van der Waals surface area contributed by atoms with E-state index in [1.807, 2.05) is 13.0 Å². The minimum absolute atomic E-state index is 0.390. The van der Waals surface area contributed by atoms with Crippen molar-refractivity contribution in [3.8, 4) is 6.07 Å². The summed E-state index contributed by atoms with van der Waals surface area (Å²) < 4.78 is 1.71. The molecule has 0 aromatic carbocycles. The molecule has 1 aromatic heterocycles. The van der Waals surface area contributed by atoms with Gasteiger partial charge in [0.25, 0.3) is 0 Å². The summed E-state index contributed by atoms with van der Waals surface area (Å²) in [6.07, 6.45) is 2.01. The van der Waals surface area contributed by atoms with E-state index in [4.69, 9.17) is 5.26 Å². The third kappa shape index (κ3) is 1.13. The van der Waals surface area contributed by atoms with Crippen molar-refractivity contribution in [2.45, 2.75) is 19.9 Å². The summed E-state index contributed by atoms with van der Waals surface area (Å²) in [4.78, 5) is 0. The van der Waals surface area contributed by atoms with Crippen molar-refractivity contribution in [1.82, 2.24) is 15.0 Å². The maximum absolute atomic E-state index is 8.34. The molecule has 0 atom stereocenters. The summed E-state index contributed by atoms with van der Waals surface area (Å²) >= 11 is 0. The molecule has 4 nitrogen and oxygen atoms in total. The Morgan fingerprint density at radius 2 is 2.60 bits per heavy atom. The molecule has 0 N–H and O–H groups in total. The Labute approximate surface area is 59.1 Å². The molecule has 0 aliphatic carbocycles. The van der Waals surface area contributed by atoms with Crippen LogP contribution in [-0.4, -0.2) is 15.0 Å². The quantitative estimate of drug-likeness (QED) is 0.590. The van der Waals surface area contributed by atoms with Crippen LogP contribution in [0.2, 0.25) is 0 Å². The number of nitriles is 1. The summed E-state index contributed by atoms with van der Waals surface area (Å²) in [7, 11) is 0. The van der Waals surface area contributed by atoms with Crippen molar-refractivity contribution in [3.05, 3.63) is 11.9 Å². The second-order valence-corrected chi connectivity index (χ2v) is 1.88. The first-order chi connectivity index (χ1) is 4.88. The molecule has 0 bridgehead atoms. The van der Waals surface area contributed by atoms with Crippen molar-refractivity contribution < 1.29 is 0 Å². The summed E-state index contributed by atoms with van der Waals surface area (Å²) in [5.41, 5.74) is 0.880. The second-order valence-electron chi connectivity index (χ2n) is 1.88.